The highest BCUT2D eigenvalue weighted by molar-refractivity contribution is 5.71. The maximum atomic E-state index is 12.9. The summed E-state index contributed by atoms with van der Waals surface area (Å²) in [6.45, 7) is 11.6. The van der Waals surface area contributed by atoms with Gasteiger partial charge in [0.15, 0.2) is 5.82 Å². The number of rotatable bonds is 3. The first kappa shape index (κ1) is 20.4. The minimum absolute atomic E-state index is 0.138. The summed E-state index contributed by atoms with van der Waals surface area (Å²) in [5, 5.41) is 10.5. The number of hydrogen-bond acceptors (Lipinski definition) is 7. The van der Waals surface area contributed by atoms with E-state index in [-0.39, 0.29) is 17.7 Å². The summed E-state index contributed by atoms with van der Waals surface area (Å²) in [7, 11) is 0. The lowest BCUT2D eigenvalue weighted by molar-refractivity contribution is -0.0922. The van der Waals surface area contributed by atoms with Crippen molar-refractivity contribution in [1.29, 1.82) is 0 Å². The fourth-order valence-corrected chi connectivity index (χ4v) is 5.12. The molecule has 0 aromatic carbocycles. The molecule has 1 spiro atoms. The second-order valence-electron chi connectivity index (χ2n) is 9.65. The van der Waals surface area contributed by atoms with Crippen molar-refractivity contribution in [3.63, 3.8) is 0 Å². The molecule has 9 nitrogen and oxygen atoms in total. The highest BCUT2D eigenvalue weighted by atomic mass is 16.6. The molecule has 5 rings (SSSR count). The molecule has 0 aliphatic carbocycles. The van der Waals surface area contributed by atoms with Crippen LogP contribution in [0.25, 0.3) is 5.52 Å². The molecule has 3 aliphatic heterocycles. The molecule has 3 aliphatic rings. The van der Waals surface area contributed by atoms with Crippen LogP contribution in [0.4, 0.5) is 10.6 Å². The average molecular weight is 429 g/mol. The Balaban J connectivity index is 1.38. The SMILES string of the molecule is CCOc1ccc2c3c(nn2c1)NN(C1CNCCC12CCN2C(=O)OC(C)(C)C)C3. The van der Waals surface area contributed by atoms with E-state index in [1.807, 2.05) is 49.4 Å². The van der Waals surface area contributed by atoms with E-state index in [9.17, 15) is 4.79 Å². The lowest BCUT2D eigenvalue weighted by Gasteiger charge is -2.59. The predicted octanol–water partition coefficient (Wildman–Crippen LogP) is 2.62. The molecule has 2 saturated heterocycles. The van der Waals surface area contributed by atoms with Crippen molar-refractivity contribution in [3.8, 4) is 5.75 Å². The standard InChI is InChI=1S/C22H32N6O3/c1-5-30-15-6-7-17-16-14-28(25-19(16)24-27(17)13-15)18-12-23-10-8-22(18)9-11-26(22)20(29)31-21(2,3)4/h6-7,13,18,23H,5,8-12,14H2,1-4H3,(H,24,25). The Morgan fingerprint density at radius 3 is 2.87 bits per heavy atom. The molecule has 2 fully saturated rings. The quantitative estimate of drug-likeness (QED) is 0.778. The number of nitrogens with zero attached hydrogens (tertiary/aromatic N) is 4. The molecule has 0 bridgehead atoms. The number of nitrogens with one attached hydrogen (secondary N) is 2. The topological polar surface area (TPSA) is 83.4 Å². The Bertz CT molecular complexity index is 999. The van der Waals surface area contributed by atoms with Gasteiger partial charge in [0, 0.05) is 25.2 Å². The Morgan fingerprint density at radius 1 is 1.32 bits per heavy atom. The van der Waals surface area contributed by atoms with Gasteiger partial charge in [-0.15, -0.1) is 5.10 Å². The lowest BCUT2D eigenvalue weighted by atomic mass is 9.73. The van der Waals surface area contributed by atoms with E-state index in [2.05, 4.69) is 21.8 Å². The summed E-state index contributed by atoms with van der Waals surface area (Å²) in [6.07, 6.45) is 3.62. The number of amides is 1. The summed E-state index contributed by atoms with van der Waals surface area (Å²) in [5.74, 6) is 1.68. The van der Waals surface area contributed by atoms with Crippen LogP contribution >= 0.6 is 0 Å². The van der Waals surface area contributed by atoms with Crippen LogP contribution in [0.15, 0.2) is 18.3 Å². The van der Waals surface area contributed by atoms with Gasteiger partial charge in [0.2, 0.25) is 0 Å². The molecule has 2 aromatic heterocycles. The Morgan fingerprint density at radius 2 is 2.16 bits per heavy atom. The van der Waals surface area contributed by atoms with Crippen LogP contribution in [0.5, 0.6) is 5.75 Å². The molecule has 2 N–H and O–H groups in total. The van der Waals surface area contributed by atoms with Crippen LogP contribution < -0.4 is 15.5 Å². The van der Waals surface area contributed by atoms with Crippen molar-refractivity contribution >= 4 is 17.4 Å². The highest BCUT2D eigenvalue weighted by Gasteiger charge is 2.57. The van der Waals surface area contributed by atoms with Crippen LogP contribution in [0.2, 0.25) is 0 Å². The van der Waals surface area contributed by atoms with Gasteiger partial charge in [-0.2, -0.15) is 0 Å². The van der Waals surface area contributed by atoms with Crippen LogP contribution in [-0.4, -0.2) is 69.0 Å². The van der Waals surface area contributed by atoms with E-state index >= 15 is 0 Å². The van der Waals surface area contributed by atoms with Crippen molar-refractivity contribution in [2.45, 2.75) is 64.3 Å². The number of ether oxygens (including phenoxy) is 2. The van der Waals surface area contributed by atoms with E-state index in [1.165, 1.54) is 5.56 Å². The molecule has 31 heavy (non-hydrogen) atoms. The zero-order valence-corrected chi connectivity index (χ0v) is 18.8. The second kappa shape index (κ2) is 7.27. The normalized spacial score (nSPS) is 25.9. The van der Waals surface area contributed by atoms with Crippen molar-refractivity contribution in [3.05, 3.63) is 23.9 Å². The number of carbonyl (C=O) groups is 1. The van der Waals surface area contributed by atoms with Crippen LogP contribution in [0, 0.1) is 0 Å². The average Bonchev–Trinajstić information content (AvgIpc) is 3.23. The maximum absolute atomic E-state index is 12.9. The third-order valence-electron chi connectivity index (χ3n) is 6.58. The van der Waals surface area contributed by atoms with Gasteiger partial charge in [-0.05, 0) is 59.2 Å². The monoisotopic (exact) mass is 428 g/mol. The Labute approximate surface area is 182 Å². The number of pyridine rings is 1. The first-order chi connectivity index (χ1) is 14.8. The van der Waals surface area contributed by atoms with Crippen LogP contribution in [-0.2, 0) is 11.3 Å². The summed E-state index contributed by atoms with van der Waals surface area (Å²) in [6, 6.07) is 4.19. The number of piperidine rings is 1. The number of anilines is 1. The molecular weight excluding hydrogens is 396 g/mol. The summed E-state index contributed by atoms with van der Waals surface area (Å²) >= 11 is 0. The smallest absolute Gasteiger partial charge is 0.410 e. The predicted molar refractivity (Wildman–Crippen MR) is 117 cm³/mol. The third kappa shape index (κ3) is 3.40. The van der Waals surface area contributed by atoms with Gasteiger partial charge in [0.05, 0.1) is 29.9 Å². The molecule has 2 unspecified atom stereocenters. The molecule has 9 heteroatoms. The molecular formula is C22H32N6O3. The minimum Gasteiger partial charge on any atom is -0.492 e. The summed E-state index contributed by atoms with van der Waals surface area (Å²) in [5.41, 5.74) is 5.06. The van der Waals surface area contributed by atoms with Crippen molar-refractivity contribution in [1.82, 2.24) is 24.8 Å². The molecule has 0 radical (unpaired) electrons. The molecule has 2 atom stereocenters. The van der Waals surface area contributed by atoms with Gasteiger partial charge in [0.25, 0.3) is 0 Å². The summed E-state index contributed by atoms with van der Waals surface area (Å²) in [4.78, 5) is 14.9. The molecule has 5 heterocycles. The number of fused-ring (bicyclic) bond motifs is 3. The van der Waals surface area contributed by atoms with Crippen LogP contribution in [0.1, 0.15) is 46.1 Å². The maximum Gasteiger partial charge on any atom is 0.410 e. The lowest BCUT2D eigenvalue weighted by Crippen LogP contribution is -2.75. The zero-order valence-electron chi connectivity index (χ0n) is 18.8. The Hall–Kier alpha value is -2.52. The Kier molecular flexibility index (Phi) is 4.78. The van der Waals surface area contributed by atoms with E-state index < -0.39 is 5.60 Å². The fraction of sp³-hybridized carbons (Fsp3) is 0.636. The van der Waals surface area contributed by atoms with E-state index in [0.29, 0.717) is 6.61 Å². The molecule has 168 valence electrons. The zero-order chi connectivity index (χ0) is 21.8. The highest BCUT2D eigenvalue weighted by Crippen LogP contribution is 2.43. The number of likely N-dealkylation sites (tertiary alicyclic amines) is 1. The number of aromatic nitrogens is 2. The van der Waals surface area contributed by atoms with E-state index in [0.717, 1.165) is 56.1 Å². The second-order valence-corrected chi connectivity index (χ2v) is 9.65. The molecule has 1 amide bonds. The van der Waals surface area contributed by atoms with Crippen molar-refractivity contribution in [2.75, 3.05) is 31.7 Å². The van der Waals surface area contributed by atoms with Gasteiger partial charge < -0.3 is 25.1 Å². The number of carbonyl (C=O) groups excluding carboxylic acids is 1. The first-order valence-corrected chi connectivity index (χ1v) is 11.2. The fourth-order valence-electron chi connectivity index (χ4n) is 5.12. The van der Waals surface area contributed by atoms with Crippen molar-refractivity contribution < 1.29 is 14.3 Å². The van der Waals surface area contributed by atoms with Gasteiger partial charge in [0.1, 0.15) is 11.4 Å². The first-order valence-electron chi connectivity index (χ1n) is 11.2. The van der Waals surface area contributed by atoms with Gasteiger partial charge >= 0.3 is 6.09 Å². The van der Waals surface area contributed by atoms with Crippen molar-refractivity contribution in [2.24, 2.45) is 0 Å². The van der Waals surface area contributed by atoms with Gasteiger partial charge in [-0.25, -0.2) is 14.3 Å². The molecule has 2 aromatic rings. The largest absolute Gasteiger partial charge is 0.492 e. The molecule has 0 saturated carbocycles. The van der Waals surface area contributed by atoms with Gasteiger partial charge in [-0.3, -0.25) is 0 Å². The minimum atomic E-state index is -0.495. The third-order valence-corrected chi connectivity index (χ3v) is 6.58. The van der Waals surface area contributed by atoms with E-state index in [4.69, 9.17) is 14.6 Å². The van der Waals surface area contributed by atoms with E-state index in [1.54, 1.807) is 0 Å². The number of hydrazine groups is 1. The number of hydrogen-bond donors (Lipinski definition) is 2. The van der Waals surface area contributed by atoms with Gasteiger partial charge in [-0.1, -0.05) is 0 Å². The van der Waals surface area contributed by atoms with Crippen LogP contribution in [0.3, 0.4) is 0 Å². The summed E-state index contributed by atoms with van der Waals surface area (Å²) < 4.78 is 13.2.